The lowest BCUT2D eigenvalue weighted by Crippen LogP contribution is -2.33. The summed E-state index contributed by atoms with van der Waals surface area (Å²) in [7, 11) is 0. The summed E-state index contributed by atoms with van der Waals surface area (Å²) >= 11 is 0. The molecule has 0 heterocycles. The van der Waals surface area contributed by atoms with E-state index in [1.807, 2.05) is 13.8 Å². The minimum atomic E-state index is -4.46. The summed E-state index contributed by atoms with van der Waals surface area (Å²) in [6, 6.07) is 10.2. The molecule has 29 heavy (non-hydrogen) atoms. The average molecular weight is 407 g/mol. The van der Waals surface area contributed by atoms with Gasteiger partial charge in [0.05, 0.1) is 18.8 Å². The maximum atomic E-state index is 13.4. The fraction of sp³-hybridized carbons (Fsp3) is 0.409. The number of nitrogens with zero attached hydrogens (tertiary/aromatic N) is 1. The maximum Gasteiger partial charge on any atom is 0.416 e. The van der Waals surface area contributed by atoms with E-state index in [0.29, 0.717) is 30.3 Å². The molecule has 4 nitrogen and oxygen atoms in total. The van der Waals surface area contributed by atoms with E-state index in [4.69, 9.17) is 9.47 Å². The van der Waals surface area contributed by atoms with Gasteiger partial charge in [-0.3, -0.25) is 4.79 Å². The van der Waals surface area contributed by atoms with Crippen LogP contribution in [0.4, 0.5) is 13.2 Å². The van der Waals surface area contributed by atoms with E-state index in [1.165, 1.54) is 17.0 Å². The van der Waals surface area contributed by atoms with Crippen LogP contribution in [0.5, 0.6) is 11.5 Å². The summed E-state index contributed by atoms with van der Waals surface area (Å²) in [6.45, 7) is 4.45. The van der Waals surface area contributed by atoms with Crippen molar-refractivity contribution in [1.29, 1.82) is 0 Å². The first-order valence-electron chi connectivity index (χ1n) is 9.70. The van der Waals surface area contributed by atoms with Crippen molar-refractivity contribution in [1.82, 2.24) is 4.90 Å². The molecule has 7 heteroatoms. The first-order valence-corrected chi connectivity index (χ1v) is 9.70. The topological polar surface area (TPSA) is 38.8 Å². The van der Waals surface area contributed by atoms with Crippen LogP contribution >= 0.6 is 0 Å². The molecule has 0 N–H and O–H groups in total. The third-order valence-electron chi connectivity index (χ3n) is 4.70. The molecule has 1 aliphatic carbocycles. The minimum absolute atomic E-state index is 0.0501. The first-order chi connectivity index (χ1) is 13.8. The van der Waals surface area contributed by atoms with E-state index < -0.39 is 11.7 Å². The molecular weight excluding hydrogens is 383 g/mol. The van der Waals surface area contributed by atoms with E-state index in [2.05, 4.69) is 0 Å². The lowest BCUT2D eigenvalue weighted by atomic mass is 10.1. The van der Waals surface area contributed by atoms with Crippen molar-refractivity contribution in [3.05, 3.63) is 59.2 Å². The third kappa shape index (κ3) is 5.02. The Bertz CT molecular complexity index is 863. The summed E-state index contributed by atoms with van der Waals surface area (Å²) in [5, 5.41) is 0. The van der Waals surface area contributed by atoms with Crippen molar-refractivity contribution in [2.75, 3.05) is 13.2 Å². The molecule has 156 valence electrons. The van der Waals surface area contributed by atoms with E-state index in [9.17, 15) is 18.0 Å². The molecule has 0 atom stereocenters. The Labute approximate surface area is 168 Å². The number of carbonyl (C=O) groups excluding carboxylic acids is 1. The van der Waals surface area contributed by atoms with Gasteiger partial charge in [-0.2, -0.15) is 13.2 Å². The smallest absolute Gasteiger partial charge is 0.416 e. The van der Waals surface area contributed by atoms with Crippen molar-refractivity contribution in [2.24, 2.45) is 0 Å². The van der Waals surface area contributed by atoms with E-state index >= 15 is 0 Å². The van der Waals surface area contributed by atoms with E-state index in [-0.39, 0.29) is 24.1 Å². The van der Waals surface area contributed by atoms with Gasteiger partial charge in [0, 0.05) is 18.2 Å². The number of amides is 1. The van der Waals surface area contributed by atoms with Crippen molar-refractivity contribution in [3.63, 3.8) is 0 Å². The Balaban J connectivity index is 1.89. The molecule has 0 bridgehead atoms. The standard InChI is InChI=1S/C22H24F3NO3/c1-3-28-19-12-9-15(13-20(19)29-4-2)21(27)26(17-10-11-17)14-16-7-5-6-8-18(16)22(23,24)25/h5-9,12-13,17H,3-4,10-11,14H2,1-2H3. The highest BCUT2D eigenvalue weighted by Gasteiger charge is 2.37. The monoisotopic (exact) mass is 407 g/mol. The van der Waals surface area contributed by atoms with Gasteiger partial charge in [0.1, 0.15) is 0 Å². The summed E-state index contributed by atoms with van der Waals surface area (Å²) in [4.78, 5) is 14.7. The molecule has 1 aliphatic rings. The van der Waals surface area contributed by atoms with Crippen molar-refractivity contribution in [2.45, 2.75) is 45.5 Å². The molecule has 0 spiro atoms. The minimum Gasteiger partial charge on any atom is -0.490 e. The molecule has 2 aromatic carbocycles. The highest BCUT2D eigenvalue weighted by atomic mass is 19.4. The Kier molecular flexibility index (Phi) is 6.35. The summed E-state index contributed by atoms with van der Waals surface area (Å²) in [5.74, 6) is 0.673. The van der Waals surface area contributed by atoms with Crippen LogP contribution < -0.4 is 9.47 Å². The Morgan fingerprint density at radius 2 is 1.69 bits per heavy atom. The van der Waals surface area contributed by atoms with Gasteiger partial charge in [-0.15, -0.1) is 0 Å². The van der Waals surface area contributed by atoms with Crippen LogP contribution in [0.3, 0.4) is 0 Å². The van der Waals surface area contributed by atoms with Crippen molar-refractivity contribution in [3.8, 4) is 11.5 Å². The number of ether oxygens (including phenoxy) is 2. The maximum absolute atomic E-state index is 13.4. The summed E-state index contributed by atoms with van der Waals surface area (Å²) in [6.07, 6.45) is -2.89. The number of hydrogen-bond donors (Lipinski definition) is 0. The molecule has 0 saturated heterocycles. The number of halogens is 3. The Hall–Kier alpha value is -2.70. The fourth-order valence-electron chi connectivity index (χ4n) is 3.22. The van der Waals surface area contributed by atoms with E-state index in [0.717, 1.165) is 18.9 Å². The fourth-order valence-corrected chi connectivity index (χ4v) is 3.22. The van der Waals surface area contributed by atoms with Crippen LogP contribution in [0.1, 0.15) is 48.2 Å². The van der Waals surface area contributed by atoms with Crippen LogP contribution in [-0.2, 0) is 12.7 Å². The van der Waals surface area contributed by atoms with E-state index in [1.54, 1.807) is 24.3 Å². The SMILES string of the molecule is CCOc1ccc(C(=O)N(Cc2ccccc2C(F)(F)F)C2CC2)cc1OCC. The molecule has 3 rings (SSSR count). The predicted octanol–water partition coefficient (Wildman–Crippen LogP) is 5.31. The summed E-state index contributed by atoms with van der Waals surface area (Å²) in [5.41, 5.74) is -0.246. The molecule has 1 amide bonds. The van der Waals surface area contributed by atoms with Crippen LogP contribution in [0.25, 0.3) is 0 Å². The third-order valence-corrected chi connectivity index (χ3v) is 4.70. The molecule has 2 aromatic rings. The molecular formula is C22H24F3NO3. The van der Waals surface area contributed by atoms with Gasteiger partial charge < -0.3 is 14.4 Å². The summed E-state index contributed by atoms with van der Waals surface area (Å²) < 4.78 is 51.2. The molecule has 1 saturated carbocycles. The molecule has 0 aromatic heterocycles. The number of rotatable bonds is 8. The average Bonchev–Trinajstić information content (AvgIpc) is 3.52. The highest BCUT2D eigenvalue weighted by Crippen LogP contribution is 2.36. The second kappa shape index (κ2) is 8.76. The van der Waals surface area contributed by atoms with Crippen LogP contribution in [0.2, 0.25) is 0 Å². The van der Waals surface area contributed by atoms with Crippen molar-refractivity contribution < 1.29 is 27.4 Å². The quantitative estimate of drug-likeness (QED) is 0.596. The number of benzene rings is 2. The zero-order valence-electron chi connectivity index (χ0n) is 16.5. The predicted molar refractivity (Wildman–Crippen MR) is 103 cm³/mol. The second-order valence-electron chi connectivity index (χ2n) is 6.85. The molecule has 1 fully saturated rings. The van der Waals surface area contributed by atoms with Gasteiger partial charge in [0.15, 0.2) is 11.5 Å². The first kappa shape index (κ1) is 21.0. The molecule has 0 aliphatic heterocycles. The van der Waals surface area contributed by atoms with Gasteiger partial charge in [-0.05, 0) is 56.5 Å². The lowest BCUT2D eigenvalue weighted by Gasteiger charge is -2.25. The van der Waals surface area contributed by atoms with Gasteiger partial charge in [0.2, 0.25) is 0 Å². The Morgan fingerprint density at radius 3 is 2.31 bits per heavy atom. The van der Waals surface area contributed by atoms with Gasteiger partial charge in [-0.1, -0.05) is 18.2 Å². The second-order valence-corrected chi connectivity index (χ2v) is 6.85. The van der Waals surface area contributed by atoms with Gasteiger partial charge in [-0.25, -0.2) is 0 Å². The van der Waals surface area contributed by atoms with Gasteiger partial charge in [0.25, 0.3) is 5.91 Å². The zero-order chi connectivity index (χ0) is 21.0. The number of carbonyl (C=O) groups is 1. The van der Waals surface area contributed by atoms with Crippen LogP contribution in [0.15, 0.2) is 42.5 Å². The highest BCUT2D eigenvalue weighted by molar-refractivity contribution is 5.95. The van der Waals surface area contributed by atoms with Crippen LogP contribution in [0, 0.1) is 0 Å². The van der Waals surface area contributed by atoms with Crippen molar-refractivity contribution >= 4 is 5.91 Å². The Morgan fingerprint density at radius 1 is 1.03 bits per heavy atom. The normalized spacial score (nSPS) is 13.8. The zero-order valence-corrected chi connectivity index (χ0v) is 16.5. The number of hydrogen-bond acceptors (Lipinski definition) is 3. The lowest BCUT2D eigenvalue weighted by molar-refractivity contribution is -0.138. The van der Waals surface area contributed by atoms with Gasteiger partial charge >= 0.3 is 6.18 Å². The number of alkyl halides is 3. The van der Waals surface area contributed by atoms with Crippen LogP contribution in [-0.4, -0.2) is 30.1 Å². The molecule has 0 radical (unpaired) electrons. The molecule has 0 unspecified atom stereocenters. The largest absolute Gasteiger partial charge is 0.490 e.